The Morgan fingerprint density at radius 3 is 2.65 bits per heavy atom. The van der Waals surface area contributed by atoms with E-state index in [1.807, 2.05) is 20.2 Å². The van der Waals surface area contributed by atoms with Gasteiger partial charge in [0, 0.05) is 22.2 Å². The van der Waals surface area contributed by atoms with Gasteiger partial charge in [-0.3, -0.25) is 9.67 Å². The minimum absolute atomic E-state index is 0.0440. The second-order valence-corrected chi connectivity index (χ2v) is 5.29. The third kappa shape index (κ3) is 2.56. The van der Waals surface area contributed by atoms with E-state index in [0.717, 1.165) is 20.3 Å². The molecule has 1 atom stereocenters. The smallest absolute Gasteiger partial charge is 0.0947 e. The summed E-state index contributed by atoms with van der Waals surface area (Å²) in [4.78, 5) is 4.42. The Morgan fingerprint density at radius 2 is 2.12 bits per heavy atom. The monoisotopic (exact) mass is 359 g/mol. The Labute approximate surface area is 116 Å². The molecule has 7 heteroatoms. The van der Waals surface area contributed by atoms with Gasteiger partial charge in [-0.1, -0.05) is 5.21 Å². The molecule has 0 saturated heterocycles. The van der Waals surface area contributed by atoms with Crippen molar-refractivity contribution < 1.29 is 0 Å². The summed E-state index contributed by atoms with van der Waals surface area (Å²) < 4.78 is 3.61. The molecule has 2 heterocycles. The molecular formula is C10H11Br2N5. The maximum absolute atomic E-state index is 4.42. The maximum atomic E-state index is 4.42. The molecule has 2 rings (SSSR count). The highest BCUT2D eigenvalue weighted by molar-refractivity contribution is 9.11. The molecule has 2 aromatic rings. The molecule has 0 radical (unpaired) electrons. The molecule has 1 unspecified atom stereocenters. The van der Waals surface area contributed by atoms with Crippen LogP contribution in [0.2, 0.25) is 0 Å². The molecule has 0 aliphatic carbocycles. The van der Waals surface area contributed by atoms with Crippen molar-refractivity contribution >= 4 is 31.9 Å². The molecule has 0 spiro atoms. The number of halogens is 2. The van der Waals surface area contributed by atoms with E-state index in [9.17, 15) is 0 Å². The molecule has 0 fully saturated rings. The van der Waals surface area contributed by atoms with E-state index in [-0.39, 0.29) is 6.04 Å². The van der Waals surface area contributed by atoms with Crippen LogP contribution in [0, 0.1) is 0 Å². The number of hydrogen-bond acceptors (Lipinski definition) is 4. The van der Waals surface area contributed by atoms with Gasteiger partial charge in [0.15, 0.2) is 0 Å². The van der Waals surface area contributed by atoms with Gasteiger partial charge < -0.3 is 5.32 Å². The van der Waals surface area contributed by atoms with Crippen LogP contribution in [-0.4, -0.2) is 27.0 Å². The van der Waals surface area contributed by atoms with Gasteiger partial charge in [-0.2, -0.15) is 0 Å². The van der Waals surface area contributed by atoms with Crippen LogP contribution in [0.25, 0.3) is 0 Å². The average Bonchev–Trinajstić information content (AvgIpc) is 2.69. The summed E-state index contributed by atoms with van der Waals surface area (Å²) in [6, 6.07) is 1.92. The quantitative estimate of drug-likeness (QED) is 0.910. The average molecular weight is 361 g/mol. The van der Waals surface area contributed by atoms with Crippen molar-refractivity contribution in [3.8, 4) is 0 Å². The molecule has 5 nitrogen and oxygen atoms in total. The van der Waals surface area contributed by atoms with Gasteiger partial charge in [-0.15, -0.1) is 5.10 Å². The van der Waals surface area contributed by atoms with Gasteiger partial charge in [0.25, 0.3) is 0 Å². The number of nitrogens with zero attached hydrogens (tertiary/aromatic N) is 4. The Balaban J connectivity index is 2.46. The molecule has 2 aromatic heterocycles. The predicted octanol–water partition coefficient (Wildman–Crippen LogP) is 2.04. The van der Waals surface area contributed by atoms with Crippen LogP contribution < -0.4 is 5.32 Å². The predicted molar refractivity (Wildman–Crippen MR) is 71.5 cm³/mol. The van der Waals surface area contributed by atoms with Crippen LogP contribution in [0.1, 0.15) is 17.4 Å². The summed E-state index contributed by atoms with van der Waals surface area (Å²) in [7, 11) is 3.74. The van der Waals surface area contributed by atoms with Gasteiger partial charge in [0.2, 0.25) is 0 Å². The molecule has 90 valence electrons. The van der Waals surface area contributed by atoms with Crippen molar-refractivity contribution in [3.05, 3.63) is 38.8 Å². The third-order valence-corrected chi connectivity index (χ3v) is 3.51. The largest absolute Gasteiger partial charge is 0.307 e. The fourth-order valence-electron chi connectivity index (χ4n) is 1.62. The van der Waals surface area contributed by atoms with Crippen molar-refractivity contribution in [2.24, 2.45) is 7.05 Å². The van der Waals surface area contributed by atoms with Crippen LogP contribution in [-0.2, 0) is 7.05 Å². The van der Waals surface area contributed by atoms with E-state index in [2.05, 4.69) is 52.5 Å². The summed E-state index contributed by atoms with van der Waals surface area (Å²) in [6.07, 6.45) is 3.51. The summed E-state index contributed by atoms with van der Waals surface area (Å²) in [5.74, 6) is 0. The zero-order valence-corrected chi connectivity index (χ0v) is 12.5. The van der Waals surface area contributed by atoms with Crippen molar-refractivity contribution in [2.45, 2.75) is 6.04 Å². The number of aryl methyl sites for hydroxylation is 1. The number of nitrogens with one attached hydrogen (secondary N) is 1. The van der Waals surface area contributed by atoms with Crippen LogP contribution in [0.5, 0.6) is 0 Å². The van der Waals surface area contributed by atoms with Crippen molar-refractivity contribution in [3.63, 3.8) is 0 Å². The normalized spacial score (nSPS) is 12.7. The minimum Gasteiger partial charge on any atom is -0.307 e. The second kappa shape index (κ2) is 5.24. The Bertz CT molecular complexity index is 525. The minimum atomic E-state index is -0.0440. The van der Waals surface area contributed by atoms with Crippen molar-refractivity contribution in [1.82, 2.24) is 25.3 Å². The Hall–Kier alpha value is -0.790. The topological polar surface area (TPSA) is 55.6 Å². The van der Waals surface area contributed by atoms with Gasteiger partial charge in [-0.25, -0.2) is 0 Å². The van der Waals surface area contributed by atoms with E-state index in [0.29, 0.717) is 0 Å². The SMILES string of the molecule is CNC(c1ncc(Br)cc1Br)c1cnnn1C. The highest BCUT2D eigenvalue weighted by Crippen LogP contribution is 2.27. The molecule has 0 amide bonds. The van der Waals surface area contributed by atoms with Crippen LogP contribution >= 0.6 is 31.9 Å². The molecule has 0 aliphatic rings. The fraction of sp³-hybridized carbons (Fsp3) is 0.300. The Kier molecular flexibility index (Phi) is 3.90. The van der Waals surface area contributed by atoms with Crippen LogP contribution in [0.15, 0.2) is 27.4 Å². The van der Waals surface area contributed by atoms with E-state index in [1.165, 1.54) is 0 Å². The molecule has 0 saturated carbocycles. The van der Waals surface area contributed by atoms with Crippen molar-refractivity contribution in [1.29, 1.82) is 0 Å². The van der Waals surface area contributed by atoms with E-state index < -0.39 is 0 Å². The third-order valence-electron chi connectivity index (χ3n) is 2.44. The number of aromatic nitrogens is 4. The maximum Gasteiger partial charge on any atom is 0.0947 e. The Morgan fingerprint density at radius 1 is 1.35 bits per heavy atom. The zero-order valence-electron chi connectivity index (χ0n) is 9.35. The second-order valence-electron chi connectivity index (χ2n) is 3.52. The lowest BCUT2D eigenvalue weighted by Crippen LogP contribution is -2.22. The number of rotatable bonds is 3. The van der Waals surface area contributed by atoms with Crippen LogP contribution in [0.3, 0.4) is 0 Å². The fourth-order valence-corrected chi connectivity index (χ4v) is 2.84. The summed E-state index contributed by atoms with van der Waals surface area (Å²) in [6.45, 7) is 0. The standard InChI is InChI=1S/C10H11Br2N5/c1-13-10(8-5-15-16-17(8)2)9-7(12)3-6(11)4-14-9/h3-5,10,13H,1-2H3. The molecule has 0 bridgehead atoms. The number of hydrogen-bond donors (Lipinski definition) is 1. The van der Waals surface area contributed by atoms with E-state index in [1.54, 1.807) is 17.1 Å². The van der Waals surface area contributed by atoms with Gasteiger partial charge in [0.05, 0.1) is 23.6 Å². The summed E-state index contributed by atoms with van der Waals surface area (Å²) in [5.41, 5.74) is 1.86. The lowest BCUT2D eigenvalue weighted by atomic mass is 10.1. The lowest BCUT2D eigenvalue weighted by Gasteiger charge is -2.16. The highest BCUT2D eigenvalue weighted by Gasteiger charge is 2.20. The summed E-state index contributed by atoms with van der Waals surface area (Å²) in [5, 5.41) is 11.0. The molecule has 0 aromatic carbocycles. The first-order chi connectivity index (χ1) is 8.13. The van der Waals surface area contributed by atoms with Gasteiger partial charge in [-0.05, 0) is 45.0 Å². The van der Waals surface area contributed by atoms with Crippen LogP contribution in [0.4, 0.5) is 0 Å². The van der Waals surface area contributed by atoms with E-state index in [4.69, 9.17) is 0 Å². The molecule has 1 N–H and O–H groups in total. The van der Waals surface area contributed by atoms with Crippen molar-refractivity contribution in [2.75, 3.05) is 7.05 Å². The first kappa shape index (κ1) is 12.7. The highest BCUT2D eigenvalue weighted by atomic mass is 79.9. The molecule has 17 heavy (non-hydrogen) atoms. The number of pyridine rings is 1. The first-order valence-corrected chi connectivity index (χ1v) is 6.55. The molecule has 0 aliphatic heterocycles. The zero-order chi connectivity index (χ0) is 12.4. The van der Waals surface area contributed by atoms with E-state index >= 15 is 0 Å². The van der Waals surface area contributed by atoms with Gasteiger partial charge in [0.1, 0.15) is 0 Å². The van der Waals surface area contributed by atoms with Gasteiger partial charge >= 0.3 is 0 Å². The summed E-state index contributed by atoms with van der Waals surface area (Å²) >= 11 is 6.90. The lowest BCUT2D eigenvalue weighted by molar-refractivity contribution is 0.585. The first-order valence-electron chi connectivity index (χ1n) is 4.96. The molecular weight excluding hydrogens is 350 g/mol.